The van der Waals surface area contributed by atoms with Gasteiger partial charge in [-0.2, -0.15) is 0 Å². The Bertz CT molecular complexity index is 1160. The number of rotatable bonds is 6. The van der Waals surface area contributed by atoms with Crippen molar-refractivity contribution in [1.82, 2.24) is 34.7 Å². The van der Waals surface area contributed by atoms with Crippen molar-refractivity contribution < 1.29 is 4.79 Å². The number of aromatic nitrogens is 7. The number of anilines is 1. The number of tetrazole rings is 1. The Kier molecular flexibility index (Phi) is 5.14. The predicted octanol–water partition coefficient (Wildman–Crippen LogP) is 3.25. The van der Waals surface area contributed by atoms with Crippen molar-refractivity contribution in [2.24, 2.45) is 0 Å². The molecule has 0 radical (unpaired) electrons. The van der Waals surface area contributed by atoms with Gasteiger partial charge in [0, 0.05) is 0 Å². The van der Waals surface area contributed by atoms with Gasteiger partial charge in [-0.3, -0.25) is 9.36 Å². The number of hydrogen-bond donors (Lipinski definition) is 1. The first-order valence-corrected chi connectivity index (χ1v) is 10.9. The van der Waals surface area contributed by atoms with E-state index in [4.69, 9.17) is 0 Å². The van der Waals surface area contributed by atoms with Crippen molar-refractivity contribution in [3.8, 4) is 5.82 Å². The molecule has 30 heavy (non-hydrogen) atoms. The van der Waals surface area contributed by atoms with Crippen molar-refractivity contribution in [2.75, 3.05) is 11.1 Å². The molecule has 3 aromatic heterocycles. The second-order valence-corrected chi connectivity index (χ2v) is 8.13. The summed E-state index contributed by atoms with van der Waals surface area (Å²) in [5.41, 5.74) is 2.54. The third-order valence-corrected chi connectivity index (χ3v) is 6.13. The molecule has 0 saturated heterocycles. The Balaban J connectivity index is 1.21. The van der Waals surface area contributed by atoms with Gasteiger partial charge in [0.2, 0.25) is 11.1 Å². The molecule has 10 heteroatoms. The van der Waals surface area contributed by atoms with E-state index in [0.717, 1.165) is 29.7 Å². The SMILES string of the molecule is O=C(CSc1nnnn1C1CCCC1)Nc1ccc(-n2cnc3ccccc32)nc1. The number of carbonyl (C=O) groups excluding carboxylic acids is 1. The summed E-state index contributed by atoms with van der Waals surface area (Å²) in [6.07, 6.45) is 7.98. The van der Waals surface area contributed by atoms with Gasteiger partial charge in [-0.25, -0.2) is 14.6 Å². The van der Waals surface area contributed by atoms with Gasteiger partial charge in [-0.15, -0.1) is 5.10 Å². The molecule has 0 aliphatic heterocycles. The highest BCUT2D eigenvalue weighted by Crippen LogP contribution is 2.31. The minimum Gasteiger partial charge on any atom is -0.324 e. The van der Waals surface area contributed by atoms with Crippen LogP contribution in [0.4, 0.5) is 5.69 Å². The molecule has 1 N–H and O–H groups in total. The summed E-state index contributed by atoms with van der Waals surface area (Å²) < 4.78 is 3.77. The zero-order valence-corrected chi connectivity index (χ0v) is 17.0. The topological polar surface area (TPSA) is 103 Å². The molecule has 3 heterocycles. The molecule has 0 spiro atoms. The number of benzene rings is 1. The number of nitrogens with zero attached hydrogens (tertiary/aromatic N) is 7. The summed E-state index contributed by atoms with van der Waals surface area (Å²) in [5, 5.41) is 15.5. The van der Waals surface area contributed by atoms with Crippen LogP contribution in [-0.2, 0) is 4.79 Å². The lowest BCUT2D eigenvalue weighted by atomic mass is 10.3. The highest BCUT2D eigenvalue weighted by Gasteiger charge is 2.22. The van der Waals surface area contributed by atoms with E-state index in [1.165, 1.54) is 24.6 Å². The molecule has 4 aromatic rings. The molecular weight excluding hydrogens is 400 g/mol. The van der Waals surface area contributed by atoms with Crippen LogP contribution in [0.1, 0.15) is 31.7 Å². The van der Waals surface area contributed by atoms with E-state index in [-0.39, 0.29) is 11.7 Å². The number of fused-ring (bicyclic) bond motifs is 1. The number of pyridine rings is 1. The molecule has 0 bridgehead atoms. The Morgan fingerprint density at radius 1 is 1.13 bits per heavy atom. The summed E-state index contributed by atoms with van der Waals surface area (Å²) in [6.45, 7) is 0. The quantitative estimate of drug-likeness (QED) is 0.478. The average molecular weight is 421 g/mol. The van der Waals surface area contributed by atoms with Crippen molar-refractivity contribution >= 4 is 34.4 Å². The summed E-state index contributed by atoms with van der Waals surface area (Å²) in [6, 6.07) is 11.9. The lowest BCUT2D eigenvalue weighted by molar-refractivity contribution is -0.113. The molecule has 1 aromatic carbocycles. The van der Waals surface area contributed by atoms with E-state index in [9.17, 15) is 4.79 Å². The normalized spacial score (nSPS) is 14.4. The van der Waals surface area contributed by atoms with Crippen LogP contribution in [0.2, 0.25) is 0 Å². The number of amides is 1. The van der Waals surface area contributed by atoms with E-state index in [1.807, 2.05) is 45.6 Å². The molecule has 1 aliphatic rings. The smallest absolute Gasteiger partial charge is 0.234 e. The lowest BCUT2D eigenvalue weighted by Crippen LogP contribution is -2.15. The minimum atomic E-state index is -0.122. The van der Waals surface area contributed by atoms with Crippen LogP contribution < -0.4 is 5.32 Å². The largest absolute Gasteiger partial charge is 0.324 e. The monoisotopic (exact) mass is 420 g/mol. The number of carbonyl (C=O) groups is 1. The summed E-state index contributed by atoms with van der Waals surface area (Å²) in [7, 11) is 0. The third-order valence-electron chi connectivity index (χ3n) is 5.20. The fraction of sp³-hybridized carbons (Fsp3) is 0.300. The van der Waals surface area contributed by atoms with Crippen LogP contribution in [0.3, 0.4) is 0 Å². The van der Waals surface area contributed by atoms with Crippen LogP contribution in [0.25, 0.3) is 16.9 Å². The molecule has 1 amide bonds. The standard InChI is InChI=1S/C20H20N8OS/c29-19(12-30-20-24-25-26-28(20)15-5-1-2-6-15)23-14-9-10-18(21-11-14)27-13-22-16-7-3-4-8-17(16)27/h3-4,7-11,13,15H,1-2,5-6,12H2,(H,23,29). The maximum atomic E-state index is 12.4. The maximum absolute atomic E-state index is 12.4. The number of thioether (sulfide) groups is 1. The highest BCUT2D eigenvalue weighted by molar-refractivity contribution is 7.99. The first-order valence-electron chi connectivity index (χ1n) is 9.87. The van der Waals surface area contributed by atoms with Crippen LogP contribution in [0.5, 0.6) is 0 Å². The fourth-order valence-electron chi connectivity index (χ4n) is 3.73. The lowest BCUT2D eigenvalue weighted by Gasteiger charge is -2.10. The van der Waals surface area contributed by atoms with Gasteiger partial charge in [0.05, 0.1) is 34.7 Å². The second kappa shape index (κ2) is 8.23. The van der Waals surface area contributed by atoms with Crippen LogP contribution in [0.15, 0.2) is 54.1 Å². The maximum Gasteiger partial charge on any atom is 0.234 e. The third kappa shape index (κ3) is 3.78. The molecule has 1 saturated carbocycles. The van der Waals surface area contributed by atoms with Gasteiger partial charge >= 0.3 is 0 Å². The summed E-state index contributed by atoms with van der Waals surface area (Å²) in [4.78, 5) is 21.2. The molecule has 0 atom stereocenters. The Morgan fingerprint density at radius 3 is 2.83 bits per heavy atom. The van der Waals surface area contributed by atoms with Gasteiger partial charge in [-0.05, 0) is 47.5 Å². The number of hydrogen-bond acceptors (Lipinski definition) is 7. The molecule has 0 unspecified atom stereocenters. The van der Waals surface area contributed by atoms with Gasteiger partial charge in [-0.1, -0.05) is 36.7 Å². The van der Waals surface area contributed by atoms with Crippen molar-refractivity contribution in [3.05, 3.63) is 48.9 Å². The van der Waals surface area contributed by atoms with Gasteiger partial charge in [0.15, 0.2) is 0 Å². The van der Waals surface area contributed by atoms with Crippen molar-refractivity contribution in [3.63, 3.8) is 0 Å². The van der Waals surface area contributed by atoms with E-state index < -0.39 is 0 Å². The van der Waals surface area contributed by atoms with E-state index in [2.05, 4.69) is 30.8 Å². The Morgan fingerprint density at radius 2 is 2.00 bits per heavy atom. The average Bonchev–Trinajstić information content (AvgIpc) is 3.53. The molecule has 1 aliphatic carbocycles. The summed E-state index contributed by atoms with van der Waals surface area (Å²) in [5.74, 6) is 0.858. The number of para-hydroxylation sites is 2. The predicted molar refractivity (Wildman–Crippen MR) is 114 cm³/mol. The number of nitrogens with one attached hydrogen (secondary N) is 1. The van der Waals surface area contributed by atoms with E-state index >= 15 is 0 Å². The zero-order valence-electron chi connectivity index (χ0n) is 16.2. The van der Waals surface area contributed by atoms with Crippen LogP contribution in [0, 0.1) is 0 Å². The molecular formula is C20H20N8OS. The minimum absolute atomic E-state index is 0.122. The Labute approximate surface area is 176 Å². The van der Waals surface area contributed by atoms with E-state index in [0.29, 0.717) is 16.9 Å². The fourth-order valence-corrected chi connectivity index (χ4v) is 4.47. The number of imidazole rings is 1. The van der Waals surface area contributed by atoms with Crippen LogP contribution in [-0.4, -0.2) is 46.4 Å². The molecule has 1 fully saturated rings. The van der Waals surface area contributed by atoms with Gasteiger partial charge in [0.1, 0.15) is 12.1 Å². The van der Waals surface area contributed by atoms with Crippen molar-refractivity contribution in [2.45, 2.75) is 36.9 Å². The zero-order chi connectivity index (χ0) is 20.3. The molecule has 152 valence electrons. The van der Waals surface area contributed by atoms with E-state index in [1.54, 1.807) is 12.5 Å². The first-order chi connectivity index (χ1) is 14.8. The first kappa shape index (κ1) is 18.7. The molecule has 5 rings (SSSR count). The molecule has 9 nitrogen and oxygen atoms in total. The van der Waals surface area contributed by atoms with Crippen LogP contribution >= 0.6 is 11.8 Å². The second-order valence-electron chi connectivity index (χ2n) is 7.19. The van der Waals surface area contributed by atoms with Gasteiger partial charge in [0.25, 0.3) is 0 Å². The Hall–Kier alpha value is -3.27. The van der Waals surface area contributed by atoms with Gasteiger partial charge < -0.3 is 5.32 Å². The summed E-state index contributed by atoms with van der Waals surface area (Å²) >= 11 is 1.35. The van der Waals surface area contributed by atoms with Crippen molar-refractivity contribution in [1.29, 1.82) is 0 Å². The highest BCUT2D eigenvalue weighted by atomic mass is 32.2.